The lowest BCUT2D eigenvalue weighted by Crippen LogP contribution is -2.22. The quantitative estimate of drug-likeness (QED) is 0.720. The lowest BCUT2D eigenvalue weighted by molar-refractivity contribution is 0.528. The highest BCUT2D eigenvalue weighted by Crippen LogP contribution is 2.15. The number of hydrogen-bond acceptors (Lipinski definition) is 2. The molecule has 2 heteroatoms. The SMILES string of the molecule is CCCCNC(CC#N)c1ccccc1. The van der Waals surface area contributed by atoms with Crippen molar-refractivity contribution < 1.29 is 0 Å². The Morgan fingerprint density at radius 2 is 2.07 bits per heavy atom. The van der Waals surface area contributed by atoms with Crippen molar-refractivity contribution in [1.82, 2.24) is 5.32 Å². The molecule has 0 amide bonds. The van der Waals surface area contributed by atoms with Gasteiger partial charge in [-0.1, -0.05) is 43.7 Å². The molecular weight excluding hydrogens is 184 g/mol. The molecule has 1 unspecified atom stereocenters. The van der Waals surface area contributed by atoms with Gasteiger partial charge in [-0.3, -0.25) is 0 Å². The molecule has 0 saturated carbocycles. The van der Waals surface area contributed by atoms with Crippen LogP contribution in [0.2, 0.25) is 0 Å². The van der Waals surface area contributed by atoms with E-state index in [0.29, 0.717) is 6.42 Å². The Labute approximate surface area is 91.9 Å². The van der Waals surface area contributed by atoms with Gasteiger partial charge in [-0.15, -0.1) is 0 Å². The van der Waals surface area contributed by atoms with E-state index in [1.807, 2.05) is 18.2 Å². The first-order valence-electron chi connectivity index (χ1n) is 5.53. The third kappa shape index (κ3) is 4.14. The fourth-order valence-corrected chi connectivity index (χ4v) is 1.54. The van der Waals surface area contributed by atoms with Gasteiger partial charge in [-0.2, -0.15) is 5.26 Å². The Kier molecular flexibility index (Phi) is 5.50. The minimum atomic E-state index is 0.183. The fourth-order valence-electron chi connectivity index (χ4n) is 1.54. The van der Waals surface area contributed by atoms with Crippen LogP contribution in [0.1, 0.15) is 37.8 Å². The second kappa shape index (κ2) is 7.03. The summed E-state index contributed by atoms with van der Waals surface area (Å²) in [5.41, 5.74) is 1.20. The molecule has 0 radical (unpaired) electrons. The van der Waals surface area contributed by atoms with Gasteiger partial charge in [0.15, 0.2) is 0 Å². The van der Waals surface area contributed by atoms with Crippen LogP contribution in [-0.4, -0.2) is 6.54 Å². The van der Waals surface area contributed by atoms with Gasteiger partial charge in [0.1, 0.15) is 0 Å². The molecule has 1 aromatic rings. The summed E-state index contributed by atoms with van der Waals surface area (Å²) in [4.78, 5) is 0. The molecule has 0 aliphatic rings. The molecule has 0 aliphatic heterocycles. The van der Waals surface area contributed by atoms with E-state index >= 15 is 0 Å². The molecule has 0 bridgehead atoms. The van der Waals surface area contributed by atoms with E-state index in [9.17, 15) is 0 Å². The minimum absolute atomic E-state index is 0.183. The van der Waals surface area contributed by atoms with Crippen molar-refractivity contribution in [2.45, 2.75) is 32.2 Å². The molecule has 1 N–H and O–H groups in total. The number of hydrogen-bond donors (Lipinski definition) is 1. The van der Waals surface area contributed by atoms with E-state index in [4.69, 9.17) is 5.26 Å². The van der Waals surface area contributed by atoms with Crippen molar-refractivity contribution in [3.8, 4) is 6.07 Å². The third-order valence-corrected chi connectivity index (χ3v) is 2.42. The molecule has 0 heterocycles. The molecule has 0 aromatic heterocycles. The van der Waals surface area contributed by atoms with E-state index in [1.165, 1.54) is 12.0 Å². The predicted molar refractivity (Wildman–Crippen MR) is 62.3 cm³/mol. The summed E-state index contributed by atoms with van der Waals surface area (Å²) < 4.78 is 0. The molecule has 2 nitrogen and oxygen atoms in total. The summed E-state index contributed by atoms with van der Waals surface area (Å²) in [7, 11) is 0. The Morgan fingerprint density at radius 1 is 1.33 bits per heavy atom. The van der Waals surface area contributed by atoms with Gasteiger partial charge in [0.05, 0.1) is 12.5 Å². The van der Waals surface area contributed by atoms with Crippen LogP contribution in [0, 0.1) is 11.3 Å². The van der Waals surface area contributed by atoms with E-state index in [1.54, 1.807) is 0 Å². The molecule has 0 spiro atoms. The number of rotatable bonds is 6. The summed E-state index contributed by atoms with van der Waals surface area (Å²) in [6.07, 6.45) is 2.88. The Hall–Kier alpha value is -1.33. The molecule has 1 aromatic carbocycles. The maximum atomic E-state index is 8.76. The normalized spacial score (nSPS) is 12.0. The maximum absolute atomic E-state index is 8.76. The summed E-state index contributed by atoms with van der Waals surface area (Å²) in [5.74, 6) is 0. The highest BCUT2D eigenvalue weighted by molar-refractivity contribution is 5.19. The van der Waals surface area contributed by atoms with Crippen LogP contribution in [0.15, 0.2) is 30.3 Å². The van der Waals surface area contributed by atoms with Crippen molar-refractivity contribution in [2.75, 3.05) is 6.54 Å². The fraction of sp³-hybridized carbons (Fsp3) is 0.462. The van der Waals surface area contributed by atoms with Gasteiger partial charge in [0.2, 0.25) is 0 Å². The van der Waals surface area contributed by atoms with Gasteiger partial charge < -0.3 is 5.32 Å². The van der Waals surface area contributed by atoms with Crippen molar-refractivity contribution >= 4 is 0 Å². The molecule has 1 atom stereocenters. The van der Waals surface area contributed by atoms with Crippen LogP contribution in [0.4, 0.5) is 0 Å². The van der Waals surface area contributed by atoms with E-state index in [0.717, 1.165) is 13.0 Å². The molecule has 1 rings (SSSR count). The van der Waals surface area contributed by atoms with E-state index in [2.05, 4.69) is 30.4 Å². The number of unbranched alkanes of at least 4 members (excludes halogenated alkanes) is 1. The second-order valence-electron chi connectivity index (χ2n) is 3.63. The Balaban J connectivity index is 2.55. The van der Waals surface area contributed by atoms with Gasteiger partial charge >= 0.3 is 0 Å². The predicted octanol–water partition coefficient (Wildman–Crippen LogP) is 3.03. The van der Waals surface area contributed by atoms with Crippen LogP contribution in [-0.2, 0) is 0 Å². The second-order valence-corrected chi connectivity index (χ2v) is 3.63. The zero-order valence-electron chi connectivity index (χ0n) is 9.24. The minimum Gasteiger partial charge on any atom is -0.309 e. The summed E-state index contributed by atoms with van der Waals surface area (Å²) in [5, 5.41) is 12.2. The van der Waals surface area contributed by atoms with Gasteiger partial charge in [-0.05, 0) is 18.5 Å². The number of nitriles is 1. The lowest BCUT2D eigenvalue weighted by atomic mass is 10.0. The van der Waals surface area contributed by atoms with Crippen LogP contribution >= 0.6 is 0 Å². The molecule has 0 saturated heterocycles. The highest BCUT2D eigenvalue weighted by atomic mass is 14.9. The third-order valence-electron chi connectivity index (χ3n) is 2.42. The van der Waals surface area contributed by atoms with E-state index < -0.39 is 0 Å². The first-order valence-corrected chi connectivity index (χ1v) is 5.53. The van der Waals surface area contributed by atoms with Crippen molar-refractivity contribution in [2.24, 2.45) is 0 Å². The van der Waals surface area contributed by atoms with Crippen molar-refractivity contribution in [3.63, 3.8) is 0 Å². The standard InChI is InChI=1S/C13H18N2/c1-2-3-11-15-13(9-10-14)12-7-5-4-6-8-12/h4-8,13,15H,2-3,9,11H2,1H3. The monoisotopic (exact) mass is 202 g/mol. The Morgan fingerprint density at radius 3 is 2.67 bits per heavy atom. The molecule has 0 aliphatic carbocycles. The zero-order chi connectivity index (χ0) is 10.9. The van der Waals surface area contributed by atoms with Gasteiger partial charge in [0.25, 0.3) is 0 Å². The molecule has 80 valence electrons. The first kappa shape index (κ1) is 11.7. The van der Waals surface area contributed by atoms with Gasteiger partial charge in [0, 0.05) is 6.04 Å². The van der Waals surface area contributed by atoms with Crippen molar-refractivity contribution in [1.29, 1.82) is 5.26 Å². The summed E-state index contributed by atoms with van der Waals surface area (Å²) >= 11 is 0. The number of nitrogens with zero attached hydrogens (tertiary/aromatic N) is 1. The number of nitrogens with one attached hydrogen (secondary N) is 1. The zero-order valence-corrected chi connectivity index (χ0v) is 9.24. The average molecular weight is 202 g/mol. The van der Waals surface area contributed by atoms with Crippen molar-refractivity contribution in [3.05, 3.63) is 35.9 Å². The summed E-state index contributed by atoms with van der Waals surface area (Å²) in [6, 6.07) is 12.6. The molecule has 15 heavy (non-hydrogen) atoms. The van der Waals surface area contributed by atoms with Crippen LogP contribution in [0.5, 0.6) is 0 Å². The molecule has 0 fully saturated rings. The van der Waals surface area contributed by atoms with E-state index in [-0.39, 0.29) is 6.04 Å². The highest BCUT2D eigenvalue weighted by Gasteiger charge is 2.08. The maximum Gasteiger partial charge on any atom is 0.0641 e. The van der Waals surface area contributed by atoms with Crippen LogP contribution in [0.25, 0.3) is 0 Å². The number of benzene rings is 1. The topological polar surface area (TPSA) is 35.8 Å². The van der Waals surface area contributed by atoms with Crippen LogP contribution in [0.3, 0.4) is 0 Å². The lowest BCUT2D eigenvalue weighted by Gasteiger charge is -2.15. The first-order chi connectivity index (χ1) is 7.38. The Bertz CT molecular complexity index is 300. The van der Waals surface area contributed by atoms with Gasteiger partial charge in [-0.25, -0.2) is 0 Å². The largest absolute Gasteiger partial charge is 0.309 e. The summed E-state index contributed by atoms with van der Waals surface area (Å²) in [6.45, 7) is 3.15. The average Bonchev–Trinajstić information content (AvgIpc) is 2.29. The smallest absolute Gasteiger partial charge is 0.0641 e. The van der Waals surface area contributed by atoms with Crippen LogP contribution < -0.4 is 5.32 Å². The molecular formula is C13H18N2.